The number of rotatable bonds is 1. The molecule has 5 heteroatoms. The highest BCUT2D eigenvalue weighted by molar-refractivity contribution is 4.63. The Bertz CT molecular complexity index is 83.4. The second-order valence-corrected chi connectivity index (χ2v) is 1.66. The van der Waals surface area contributed by atoms with Gasteiger partial charge in [-0.3, -0.25) is 0 Å². The van der Waals surface area contributed by atoms with Gasteiger partial charge >= 0.3 is 6.18 Å². The summed E-state index contributed by atoms with van der Waals surface area (Å²) in [4.78, 5) is 0. The van der Waals surface area contributed by atoms with Gasteiger partial charge in [0.1, 0.15) is 5.92 Å². The molecular formula is C4H5F5. The molecule has 0 nitrogen and oxygen atoms in total. The van der Waals surface area contributed by atoms with Crippen LogP contribution in [0, 0.1) is 5.92 Å². The molecule has 0 amide bonds. The summed E-state index contributed by atoms with van der Waals surface area (Å²) in [6.45, 7) is 0.449. The predicted octanol–water partition coefficient (Wildman–Crippen LogP) is 2.45. The smallest absolute Gasteiger partial charge is 0.210 e. The van der Waals surface area contributed by atoms with Crippen molar-refractivity contribution in [3.63, 3.8) is 0 Å². The van der Waals surface area contributed by atoms with Gasteiger partial charge in [-0.2, -0.15) is 13.2 Å². The van der Waals surface area contributed by atoms with E-state index in [0.29, 0.717) is 6.92 Å². The Morgan fingerprint density at radius 1 is 1.11 bits per heavy atom. The second kappa shape index (κ2) is 2.49. The molecular weight excluding hydrogens is 143 g/mol. The van der Waals surface area contributed by atoms with E-state index < -0.39 is 18.5 Å². The molecule has 1 atom stereocenters. The van der Waals surface area contributed by atoms with Gasteiger partial charge < -0.3 is 0 Å². The van der Waals surface area contributed by atoms with Gasteiger partial charge in [0.15, 0.2) is 0 Å². The van der Waals surface area contributed by atoms with Gasteiger partial charge in [0.05, 0.1) is 0 Å². The average molecular weight is 148 g/mol. The van der Waals surface area contributed by atoms with Crippen molar-refractivity contribution < 1.29 is 22.0 Å². The van der Waals surface area contributed by atoms with E-state index in [1.807, 2.05) is 0 Å². The molecule has 0 heterocycles. The van der Waals surface area contributed by atoms with E-state index in [9.17, 15) is 22.0 Å². The number of halogens is 5. The van der Waals surface area contributed by atoms with Gasteiger partial charge in [0.2, 0.25) is 6.43 Å². The maximum atomic E-state index is 11.2. The summed E-state index contributed by atoms with van der Waals surface area (Å²) in [6.07, 6.45) is -8.08. The molecule has 0 rings (SSSR count). The summed E-state index contributed by atoms with van der Waals surface area (Å²) < 4.78 is 56.1. The zero-order chi connectivity index (χ0) is 7.65. The molecule has 0 N–H and O–H groups in total. The maximum Gasteiger partial charge on any atom is 0.396 e. The monoisotopic (exact) mass is 148 g/mol. The molecule has 0 spiro atoms. The van der Waals surface area contributed by atoms with Crippen molar-refractivity contribution in [3.8, 4) is 0 Å². The maximum absolute atomic E-state index is 11.2. The normalized spacial score (nSPS) is 16.3. The van der Waals surface area contributed by atoms with Gasteiger partial charge in [0.25, 0.3) is 0 Å². The highest BCUT2D eigenvalue weighted by Gasteiger charge is 2.41. The van der Waals surface area contributed by atoms with E-state index in [0.717, 1.165) is 0 Å². The Labute approximate surface area is 48.7 Å². The van der Waals surface area contributed by atoms with Crippen LogP contribution in [0.2, 0.25) is 0 Å². The van der Waals surface area contributed by atoms with Crippen molar-refractivity contribution in [2.45, 2.75) is 19.5 Å². The van der Waals surface area contributed by atoms with Crippen molar-refractivity contribution in [3.05, 3.63) is 0 Å². The van der Waals surface area contributed by atoms with Crippen LogP contribution >= 0.6 is 0 Å². The molecule has 0 fully saturated rings. The van der Waals surface area contributed by atoms with E-state index in [-0.39, 0.29) is 0 Å². The van der Waals surface area contributed by atoms with E-state index in [4.69, 9.17) is 0 Å². The Hall–Kier alpha value is -0.350. The lowest BCUT2D eigenvalue weighted by molar-refractivity contribution is -0.200. The minimum atomic E-state index is -4.77. The molecule has 0 aliphatic rings. The van der Waals surface area contributed by atoms with Crippen LogP contribution < -0.4 is 0 Å². The zero-order valence-electron chi connectivity index (χ0n) is 4.54. The summed E-state index contributed by atoms with van der Waals surface area (Å²) in [5.74, 6) is -2.52. The molecule has 56 valence electrons. The number of hydrogen-bond donors (Lipinski definition) is 0. The highest BCUT2D eigenvalue weighted by Crippen LogP contribution is 2.29. The standard InChI is InChI=1S/C4H5F5/c1-2(3(5)6)4(7,8)9/h2-3H,1H3/t2-/m1/s1. The van der Waals surface area contributed by atoms with Crippen LogP contribution in [0.3, 0.4) is 0 Å². The first-order valence-electron chi connectivity index (χ1n) is 2.20. The van der Waals surface area contributed by atoms with Gasteiger partial charge in [-0.25, -0.2) is 8.78 Å². The van der Waals surface area contributed by atoms with E-state index in [2.05, 4.69) is 0 Å². The number of hydrogen-bond acceptors (Lipinski definition) is 0. The average Bonchev–Trinajstić information content (AvgIpc) is 1.62. The Balaban J connectivity index is 3.88. The molecule has 0 aromatic carbocycles. The van der Waals surface area contributed by atoms with E-state index >= 15 is 0 Å². The van der Waals surface area contributed by atoms with Crippen molar-refractivity contribution in [1.29, 1.82) is 0 Å². The molecule has 0 saturated carbocycles. The topological polar surface area (TPSA) is 0 Å². The Morgan fingerprint density at radius 2 is 1.44 bits per heavy atom. The number of alkyl halides is 5. The summed E-state index contributed by atoms with van der Waals surface area (Å²) in [5.41, 5.74) is 0. The molecule has 0 radical (unpaired) electrons. The SMILES string of the molecule is C[C@H](C(F)F)C(F)(F)F. The van der Waals surface area contributed by atoms with Crippen LogP contribution in [0.4, 0.5) is 22.0 Å². The predicted molar refractivity (Wildman–Crippen MR) is 21.2 cm³/mol. The van der Waals surface area contributed by atoms with Crippen LogP contribution in [0.5, 0.6) is 0 Å². The third-order valence-corrected chi connectivity index (χ3v) is 0.894. The first-order chi connectivity index (χ1) is 3.85. The fourth-order valence-electron chi connectivity index (χ4n) is 0.143. The second-order valence-electron chi connectivity index (χ2n) is 1.66. The van der Waals surface area contributed by atoms with Crippen LogP contribution in [-0.2, 0) is 0 Å². The van der Waals surface area contributed by atoms with Gasteiger partial charge in [-0.05, 0) is 6.92 Å². The minimum absolute atomic E-state index is 0.449. The summed E-state index contributed by atoms with van der Waals surface area (Å²) in [7, 11) is 0. The molecule has 9 heavy (non-hydrogen) atoms. The summed E-state index contributed by atoms with van der Waals surface area (Å²) in [6, 6.07) is 0. The van der Waals surface area contributed by atoms with Crippen molar-refractivity contribution in [1.82, 2.24) is 0 Å². The minimum Gasteiger partial charge on any atom is -0.210 e. The van der Waals surface area contributed by atoms with Crippen molar-refractivity contribution >= 4 is 0 Å². The van der Waals surface area contributed by atoms with Gasteiger partial charge in [0, 0.05) is 0 Å². The van der Waals surface area contributed by atoms with E-state index in [1.54, 1.807) is 0 Å². The Morgan fingerprint density at radius 3 is 1.44 bits per heavy atom. The first kappa shape index (κ1) is 8.65. The van der Waals surface area contributed by atoms with Gasteiger partial charge in [-0.1, -0.05) is 0 Å². The van der Waals surface area contributed by atoms with Crippen LogP contribution in [0.25, 0.3) is 0 Å². The third kappa shape index (κ3) is 2.62. The lowest BCUT2D eigenvalue weighted by atomic mass is 10.2. The fraction of sp³-hybridized carbons (Fsp3) is 1.00. The zero-order valence-corrected chi connectivity index (χ0v) is 4.54. The van der Waals surface area contributed by atoms with Crippen LogP contribution in [-0.4, -0.2) is 12.6 Å². The Kier molecular flexibility index (Phi) is 2.40. The molecule has 0 aromatic rings. The van der Waals surface area contributed by atoms with Crippen molar-refractivity contribution in [2.75, 3.05) is 0 Å². The van der Waals surface area contributed by atoms with Crippen molar-refractivity contribution in [2.24, 2.45) is 5.92 Å². The van der Waals surface area contributed by atoms with Crippen LogP contribution in [0.15, 0.2) is 0 Å². The molecule has 0 unspecified atom stereocenters. The largest absolute Gasteiger partial charge is 0.396 e. The fourth-order valence-corrected chi connectivity index (χ4v) is 0.143. The highest BCUT2D eigenvalue weighted by atomic mass is 19.4. The molecule has 0 aliphatic carbocycles. The quantitative estimate of drug-likeness (QED) is 0.501. The third-order valence-electron chi connectivity index (χ3n) is 0.894. The summed E-state index contributed by atoms with van der Waals surface area (Å²) >= 11 is 0. The molecule has 0 bridgehead atoms. The molecule has 0 aromatic heterocycles. The van der Waals surface area contributed by atoms with E-state index in [1.165, 1.54) is 0 Å². The summed E-state index contributed by atoms with van der Waals surface area (Å²) in [5, 5.41) is 0. The molecule has 0 aliphatic heterocycles. The van der Waals surface area contributed by atoms with Crippen LogP contribution in [0.1, 0.15) is 6.92 Å². The lowest BCUT2D eigenvalue weighted by Crippen LogP contribution is -2.26. The first-order valence-corrected chi connectivity index (χ1v) is 2.20. The van der Waals surface area contributed by atoms with Gasteiger partial charge in [-0.15, -0.1) is 0 Å². The molecule has 0 saturated heterocycles. The lowest BCUT2D eigenvalue weighted by Gasteiger charge is -2.13.